The van der Waals surface area contributed by atoms with Gasteiger partial charge in [-0.1, -0.05) is 11.6 Å². The van der Waals surface area contributed by atoms with Gasteiger partial charge in [0.1, 0.15) is 22.8 Å². The van der Waals surface area contributed by atoms with Crippen LogP contribution >= 0.6 is 11.6 Å². The number of halogens is 1. The fourth-order valence-electron chi connectivity index (χ4n) is 2.67. The molecule has 8 heteroatoms. The summed E-state index contributed by atoms with van der Waals surface area (Å²) < 4.78 is 32.9. The summed E-state index contributed by atoms with van der Waals surface area (Å²) >= 11 is 5.91. The molecule has 0 spiro atoms. The molecule has 0 amide bonds. The third-order valence-corrected chi connectivity index (χ3v) is 6.12. The van der Waals surface area contributed by atoms with Crippen LogP contribution < -0.4 is 4.74 Å². The minimum absolute atomic E-state index is 0.0693. The van der Waals surface area contributed by atoms with Crippen LogP contribution in [0.5, 0.6) is 5.75 Å². The van der Waals surface area contributed by atoms with Crippen LogP contribution in [0.25, 0.3) is 0 Å². The molecule has 1 aliphatic heterocycles. The van der Waals surface area contributed by atoms with Crippen LogP contribution in [0.15, 0.2) is 41.4 Å². The smallest absolute Gasteiger partial charge is 0.244 e. The number of hydrogen-bond donors (Lipinski definition) is 0. The van der Waals surface area contributed by atoms with Crippen molar-refractivity contribution in [3.63, 3.8) is 0 Å². The maximum atomic E-state index is 12.9. The number of rotatable bonds is 4. The topological polar surface area (TPSA) is 83.3 Å². The van der Waals surface area contributed by atoms with E-state index in [0.29, 0.717) is 18.7 Å². The van der Waals surface area contributed by atoms with Crippen molar-refractivity contribution in [3.8, 4) is 11.8 Å². The van der Waals surface area contributed by atoms with Crippen molar-refractivity contribution < 1.29 is 13.2 Å². The molecule has 0 aliphatic carbocycles. The van der Waals surface area contributed by atoms with Crippen LogP contribution in [-0.2, 0) is 10.0 Å². The number of sulfonamides is 1. The van der Waals surface area contributed by atoms with Gasteiger partial charge in [-0.15, -0.1) is 0 Å². The van der Waals surface area contributed by atoms with Crippen LogP contribution in [0, 0.1) is 18.3 Å². The first kappa shape index (κ1) is 17.7. The molecule has 1 aromatic carbocycles. The third-order valence-electron chi connectivity index (χ3n) is 3.98. The maximum Gasteiger partial charge on any atom is 0.244 e. The lowest BCUT2D eigenvalue weighted by Crippen LogP contribution is -2.31. The molecule has 1 fully saturated rings. The first-order chi connectivity index (χ1) is 11.9. The standard InChI is InChI=1S/C17H16ClN3O3S/c1-12-2-5-15(10-20-12)24-16-6-7-21(11-16)25(22,23)17-8-14(18)4-3-13(17)9-19/h2-5,8,10,16H,6-7,11H2,1H3/t16-/m0/s1. The van der Waals surface area contributed by atoms with Gasteiger partial charge >= 0.3 is 0 Å². The summed E-state index contributed by atoms with van der Waals surface area (Å²) in [5, 5.41) is 9.45. The monoisotopic (exact) mass is 377 g/mol. The number of aromatic nitrogens is 1. The number of nitrogens with zero attached hydrogens (tertiary/aromatic N) is 3. The molecule has 2 heterocycles. The zero-order chi connectivity index (χ0) is 18.0. The molecule has 1 aromatic heterocycles. The summed E-state index contributed by atoms with van der Waals surface area (Å²) in [7, 11) is -3.81. The second-order valence-electron chi connectivity index (χ2n) is 5.78. The first-order valence-electron chi connectivity index (χ1n) is 7.69. The lowest BCUT2D eigenvalue weighted by atomic mass is 10.2. The Balaban J connectivity index is 1.78. The van der Waals surface area contributed by atoms with E-state index in [1.807, 2.05) is 25.1 Å². The lowest BCUT2D eigenvalue weighted by Gasteiger charge is -2.18. The number of ether oxygens (including phenoxy) is 1. The van der Waals surface area contributed by atoms with Crippen LogP contribution in [0.2, 0.25) is 5.02 Å². The molecule has 0 radical (unpaired) electrons. The van der Waals surface area contributed by atoms with Gasteiger partial charge in [-0.25, -0.2) is 8.42 Å². The molecule has 1 saturated heterocycles. The van der Waals surface area contributed by atoms with Gasteiger partial charge in [0.25, 0.3) is 0 Å². The number of aryl methyl sites for hydroxylation is 1. The second-order valence-corrected chi connectivity index (χ2v) is 8.12. The summed E-state index contributed by atoms with van der Waals surface area (Å²) in [4.78, 5) is 4.09. The van der Waals surface area contributed by atoms with E-state index < -0.39 is 10.0 Å². The molecule has 1 atom stereocenters. The molecule has 130 valence electrons. The highest BCUT2D eigenvalue weighted by atomic mass is 35.5. The van der Waals surface area contributed by atoms with E-state index in [4.69, 9.17) is 16.3 Å². The fourth-order valence-corrected chi connectivity index (χ4v) is 4.56. The highest BCUT2D eigenvalue weighted by Crippen LogP contribution is 2.27. The summed E-state index contributed by atoms with van der Waals surface area (Å²) in [6.45, 7) is 2.42. The van der Waals surface area contributed by atoms with E-state index in [2.05, 4.69) is 4.98 Å². The van der Waals surface area contributed by atoms with Gasteiger partial charge < -0.3 is 4.74 Å². The molecule has 0 saturated carbocycles. The largest absolute Gasteiger partial charge is 0.487 e. The SMILES string of the molecule is Cc1ccc(O[C@H]2CCN(S(=O)(=O)c3cc(Cl)ccc3C#N)C2)cn1. The third kappa shape index (κ3) is 3.76. The van der Waals surface area contributed by atoms with Gasteiger partial charge in [0.05, 0.1) is 18.3 Å². The van der Waals surface area contributed by atoms with Crippen LogP contribution in [0.1, 0.15) is 17.7 Å². The molecule has 0 N–H and O–H groups in total. The Bertz CT molecular complexity index is 923. The molecular formula is C17H16ClN3O3S. The molecular weight excluding hydrogens is 362 g/mol. The van der Waals surface area contributed by atoms with Crippen LogP contribution in [0.3, 0.4) is 0 Å². The predicted molar refractivity (Wildman–Crippen MR) is 92.9 cm³/mol. The van der Waals surface area contributed by atoms with E-state index in [1.54, 1.807) is 6.20 Å². The second kappa shape index (κ2) is 7.00. The van der Waals surface area contributed by atoms with Crippen molar-refractivity contribution in [2.24, 2.45) is 0 Å². The predicted octanol–water partition coefficient (Wildman–Crippen LogP) is 2.76. The summed E-state index contributed by atoms with van der Waals surface area (Å²) in [5.41, 5.74) is 0.962. The van der Waals surface area contributed by atoms with Gasteiger partial charge in [-0.2, -0.15) is 9.57 Å². The average molecular weight is 378 g/mol. The van der Waals surface area contributed by atoms with E-state index in [1.165, 1.54) is 22.5 Å². The molecule has 3 rings (SSSR count). The van der Waals surface area contributed by atoms with Crippen molar-refractivity contribution in [1.82, 2.24) is 9.29 Å². The average Bonchev–Trinajstić information content (AvgIpc) is 3.06. The Labute approximate surface area is 151 Å². The number of pyridine rings is 1. The van der Waals surface area contributed by atoms with Crippen molar-refractivity contribution in [2.75, 3.05) is 13.1 Å². The molecule has 0 unspecified atom stereocenters. The normalized spacial score (nSPS) is 18.0. The minimum Gasteiger partial charge on any atom is -0.487 e. The van der Waals surface area contributed by atoms with Gasteiger partial charge in [0.15, 0.2) is 0 Å². The van der Waals surface area contributed by atoms with Gasteiger partial charge in [-0.3, -0.25) is 4.98 Å². The zero-order valence-electron chi connectivity index (χ0n) is 13.5. The Hall–Kier alpha value is -2.14. The lowest BCUT2D eigenvalue weighted by molar-refractivity contribution is 0.214. The molecule has 0 bridgehead atoms. The Morgan fingerprint density at radius 2 is 2.16 bits per heavy atom. The summed E-state index contributed by atoms with van der Waals surface area (Å²) in [6.07, 6.45) is 1.93. The van der Waals surface area contributed by atoms with Crippen LogP contribution in [-0.4, -0.2) is 36.9 Å². The number of nitriles is 1. The van der Waals surface area contributed by atoms with Crippen molar-refractivity contribution >= 4 is 21.6 Å². The van der Waals surface area contributed by atoms with Gasteiger partial charge in [0.2, 0.25) is 10.0 Å². The summed E-state index contributed by atoms with van der Waals surface area (Å²) in [6, 6.07) is 9.78. The zero-order valence-corrected chi connectivity index (χ0v) is 15.1. The molecule has 25 heavy (non-hydrogen) atoms. The molecule has 6 nitrogen and oxygen atoms in total. The molecule has 2 aromatic rings. The first-order valence-corrected chi connectivity index (χ1v) is 9.51. The van der Waals surface area contributed by atoms with E-state index >= 15 is 0 Å². The van der Waals surface area contributed by atoms with Crippen molar-refractivity contribution in [3.05, 3.63) is 52.8 Å². The maximum absolute atomic E-state index is 12.9. The Morgan fingerprint density at radius 3 is 2.84 bits per heavy atom. The van der Waals surface area contributed by atoms with E-state index in [0.717, 1.165) is 5.69 Å². The van der Waals surface area contributed by atoms with Crippen molar-refractivity contribution in [2.45, 2.75) is 24.3 Å². The Kier molecular flexibility index (Phi) is 4.95. The molecule has 1 aliphatic rings. The quantitative estimate of drug-likeness (QED) is 0.818. The van der Waals surface area contributed by atoms with Gasteiger partial charge in [0, 0.05) is 17.3 Å². The van der Waals surface area contributed by atoms with E-state index in [-0.39, 0.29) is 28.1 Å². The Morgan fingerprint density at radius 1 is 1.36 bits per heavy atom. The van der Waals surface area contributed by atoms with Crippen LogP contribution in [0.4, 0.5) is 0 Å². The van der Waals surface area contributed by atoms with Crippen molar-refractivity contribution in [1.29, 1.82) is 5.26 Å². The number of benzene rings is 1. The number of hydrogen-bond acceptors (Lipinski definition) is 5. The van der Waals surface area contributed by atoms with Gasteiger partial charge in [-0.05, 0) is 43.7 Å². The highest BCUT2D eigenvalue weighted by Gasteiger charge is 2.35. The minimum atomic E-state index is -3.81. The summed E-state index contributed by atoms with van der Waals surface area (Å²) in [5.74, 6) is 0.607. The fraction of sp³-hybridized carbons (Fsp3) is 0.294. The van der Waals surface area contributed by atoms with E-state index in [9.17, 15) is 13.7 Å². The highest BCUT2D eigenvalue weighted by molar-refractivity contribution is 7.89.